The summed E-state index contributed by atoms with van der Waals surface area (Å²) in [7, 11) is 4.06. The monoisotopic (exact) mass is 376 g/mol. The highest BCUT2D eigenvalue weighted by Gasteiger charge is 2.55. The molecule has 136 valence electrons. The molecule has 1 aliphatic heterocycles. The van der Waals surface area contributed by atoms with Crippen LogP contribution in [0.15, 0.2) is 24.3 Å². The summed E-state index contributed by atoms with van der Waals surface area (Å²) in [4.78, 5) is 15.0. The molecule has 3 fully saturated rings. The Morgan fingerprint density at radius 3 is 2.24 bits per heavy atom. The third kappa shape index (κ3) is 3.30. The standard InChI is InChI=1S/C20H28N2OS2/c1-22(2)18-8-6-17(7-9-18)21-19(23)14-12-15-4-3-5-16(13-14)20(15)24-10-11-25-20/h6-9,14-16H,3-5,10-13H2,1-2H3,(H,21,23). The maximum absolute atomic E-state index is 12.9. The van der Waals surface area contributed by atoms with Crippen LogP contribution in [0.3, 0.4) is 0 Å². The third-order valence-electron chi connectivity index (χ3n) is 6.14. The van der Waals surface area contributed by atoms with Crippen LogP contribution in [0.1, 0.15) is 32.1 Å². The molecule has 0 aromatic heterocycles. The maximum Gasteiger partial charge on any atom is 0.227 e. The van der Waals surface area contributed by atoms with Gasteiger partial charge < -0.3 is 10.2 Å². The maximum atomic E-state index is 12.9. The topological polar surface area (TPSA) is 32.3 Å². The van der Waals surface area contributed by atoms with Crippen molar-refractivity contribution in [3.05, 3.63) is 24.3 Å². The van der Waals surface area contributed by atoms with E-state index in [-0.39, 0.29) is 11.8 Å². The van der Waals surface area contributed by atoms with Gasteiger partial charge in [0, 0.05) is 42.9 Å². The molecule has 1 aromatic carbocycles. The molecule has 1 aromatic rings. The van der Waals surface area contributed by atoms with Crippen LogP contribution in [0.2, 0.25) is 0 Å². The number of hydrogen-bond donors (Lipinski definition) is 1. The lowest BCUT2D eigenvalue weighted by molar-refractivity contribution is -0.122. The highest BCUT2D eigenvalue weighted by molar-refractivity contribution is 8.21. The van der Waals surface area contributed by atoms with Crippen LogP contribution in [0.5, 0.6) is 0 Å². The van der Waals surface area contributed by atoms with Crippen molar-refractivity contribution in [1.29, 1.82) is 0 Å². The average molecular weight is 377 g/mol. The lowest BCUT2D eigenvalue weighted by Gasteiger charge is -2.52. The first-order chi connectivity index (χ1) is 12.1. The smallest absolute Gasteiger partial charge is 0.227 e. The van der Waals surface area contributed by atoms with Crippen LogP contribution in [0, 0.1) is 17.8 Å². The van der Waals surface area contributed by atoms with Gasteiger partial charge in [0.05, 0.1) is 4.08 Å². The van der Waals surface area contributed by atoms with E-state index in [2.05, 4.69) is 45.9 Å². The molecule has 2 unspecified atom stereocenters. The van der Waals surface area contributed by atoms with E-state index < -0.39 is 0 Å². The van der Waals surface area contributed by atoms with Crippen molar-refractivity contribution in [3.8, 4) is 0 Å². The van der Waals surface area contributed by atoms with Crippen LogP contribution in [0.25, 0.3) is 0 Å². The fourth-order valence-electron chi connectivity index (χ4n) is 4.91. The SMILES string of the molecule is CN(C)c1ccc(NC(=O)C2CC3CCCC(C2)C32SCCS2)cc1. The molecule has 2 atom stereocenters. The fourth-order valence-corrected chi connectivity index (χ4v) is 8.85. The zero-order chi connectivity index (χ0) is 17.4. The van der Waals surface area contributed by atoms with Crippen molar-refractivity contribution < 1.29 is 4.79 Å². The van der Waals surface area contributed by atoms with Crippen molar-refractivity contribution in [1.82, 2.24) is 0 Å². The Kier molecular flexibility index (Phi) is 4.98. The summed E-state index contributed by atoms with van der Waals surface area (Å²) in [5.41, 5.74) is 2.08. The largest absolute Gasteiger partial charge is 0.378 e. The first-order valence-corrected chi connectivity index (χ1v) is 11.4. The highest BCUT2D eigenvalue weighted by Crippen LogP contribution is 2.64. The average Bonchev–Trinajstić information content (AvgIpc) is 3.04. The molecule has 1 N–H and O–H groups in total. The normalized spacial score (nSPS) is 30.2. The Hall–Kier alpha value is -0.810. The molecule has 5 heteroatoms. The van der Waals surface area contributed by atoms with E-state index in [9.17, 15) is 4.79 Å². The lowest BCUT2D eigenvalue weighted by Crippen LogP contribution is -2.48. The second kappa shape index (κ2) is 7.07. The first kappa shape index (κ1) is 17.6. The minimum atomic E-state index is 0.191. The number of nitrogens with zero attached hydrogens (tertiary/aromatic N) is 1. The van der Waals surface area contributed by atoms with E-state index >= 15 is 0 Å². The molecule has 1 saturated heterocycles. The first-order valence-electron chi connectivity index (χ1n) is 9.44. The van der Waals surface area contributed by atoms with Gasteiger partial charge in [0.25, 0.3) is 0 Å². The van der Waals surface area contributed by atoms with E-state index in [4.69, 9.17) is 0 Å². The summed E-state index contributed by atoms with van der Waals surface area (Å²) in [5, 5.41) is 3.18. The number of amides is 1. The van der Waals surface area contributed by atoms with Crippen LogP contribution < -0.4 is 10.2 Å². The van der Waals surface area contributed by atoms with Crippen LogP contribution in [-0.4, -0.2) is 35.6 Å². The minimum Gasteiger partial charge on any atom is -0.378 e. The van der Waals surface area contributed by atoms with Gasteiger partial charge in [-0.2, -0.15) is 0 Å². The number of thioether (sulfide) groups is 2. The highest BCUT2D eigenvalue weighted by atomic mass is 32.2. The summed E-state index contributed by atoms with van der Waals surface area (Å²) in [6.07, 6.45) is 6.16. The number of carbonyl (C=O) groups excluding carboxylic acids is 1. The summed E-state index contributed by atoms with van der Waals surface area (Å²) < 4.78 is 0.447. The van der Waals surface area contributed by atoms with Gasteiger partial charge >= 0.3 is 0 Å². The number of benzene rings is 1. The molecule has 3 nitrogen and oxygen atoms in total. The second-order valence-corrected chi connectivity index (χ2v) is 10.8. The summed E-state index contributed by atoms with van der Waals surface area (Å²) in [6.45, 7) is 0. The number of rotatable bonds is 3. The van der Waals surface area contributed by atoms with E-state index in [0.29, 0.717) is 4.08 Å². The predicted molar refractivity (Wildman–Crippen MR) is 111 cm³/mol. The van der Waals surface area contributed by atoms with Crippen molar-refractivity contribution >= 4 is 40.8 Å². The zero-order valence-electron chi connectivity index (χ0n) is 15.2. The van der Waals surface area contributed by atoms with Crippen LogP contribution in [0.4, 0.5) is 11.4 Å². The molecule has 2 aliphatic carbocycles. The van der Waals surface area contributed by atoms with Crippen LogP contribution in [-0.2, 0) is 4.79 Å². The van der Waals surface area contributed by atoms with Gasteiger partial charge in [-0.05, 0) is 61.8 Å². The van der Waals surface area contributed by atoms with Crippen molar-refractivity contribution in [2.24, 2.45) is 17.8 Å². The van der Waals surface area contributed by atoms with E-state index in [1.807, 2.05) is 26.2 Å². The van der Waals surface area contributed by atoms with Crippen molar-refractivity contribution in [3.63, 3.8) is 0 Å². The molecule has 1 spiro atoms. The van der Waals surface area contributed by atoms with Gasteiger partial charge in [-0.1, -0.05) is 6.42 Å². The van der Waals surface area contributed by atoms with Crippen LogP contribution >= 0.6 is 23.5 Å². The molecule has 3 aliphatic rings. The molecule has 2 bridgehead atoms. The molecule has 1 amide bonds. The predicted octanol–water partition coefficient (Wildman–Crippen LogP) is 4.69. The van der Waals surface area contributed by atoms with E-state index in [0.717, 1.165) is 36.1 Å². The van der Waals surface area contributed by atoms with Gasteiger partial charge in [-0.15, -0.1) is 23.5 Å². The number of nitrogens with one attached hydrogen (secondary N) is 1. The van der Waals surface area contributed by atoms with Gasteiger partial charge in [0.2, 0.25) is 5.91 Å². The van der Waals surface area contributed by atoms with Gasteiger partial charge in [-0.25, -0.2) is 0 Å². The molecule has 2 saturated carbocycles. The second-order valence-electron chi connectivity index (χ2n) is 7.84. The zero-order valence-corrected chi connectivity index (χ0v) is 16.8. The summed E-state index contributed by atoms with van der Waals surface area (Å²) in [5.74, 6) is 4.47. The lowest BCUT2D eigenvalue weighted by atomic mass is 9.67. The summed E-state index contributed by atoms with van der Waals surface area (Å²) in [6, 6.07) is 8.15. The van der Waals surface area contributed by atoms with Gasteiger partial charge in [0.15, 0.2) is 0 Å². The van der Waals surface area contributed by atoms with Gasteiger partial charge in [-0.3, -0.25) is 4.79 Å². The Morgan fingerprint density at radius 2 is 1.68 bits per heavy atom. The van der Waals surface area contributed by atoms with E-state index in [1.165, 1.54) is 30.8 Å². The van der Waals surface area contributed by atoms with Gasteiger partial charge in [0.1, 0.15) is 0 Å². The Balaban J connectivity index is 1.43. The molecular weight excluding hydrogens is 348 g/mol. The number of anilines is 2. The molecule has 4 rings (SSSR count). The Bertz CT molecular complexity index is 609. The molecule has 1 heterocycles. The minimum absolute atomic E-state index is 0.191. The molecule has 0 radical (unpaired) electrons. The van der Waals surface area contributed by atoms with E-state index in [1.54, 1.807) is 0 Å². The Morgan fingerprint density at radius 1 is 1.08 bits per heavy atom. The quantitative estimate of drug-likeness (QED) is 0.829. The molecule has 25 heavy (non-hydrogen) atoms. The molecular formula is C20H28N2OS2. The number of carbonyl (C=O) groups is 1. The Labute approximate surface area is 159 Å². The third-order valence-corrected chi connectivity index (χ3v) is 10.2. The summed E-state index contributed by atoms with van der Waals surface area (Å²) >= 11 is 4.41. The number of hydrogen-bond acceptors (Lipinski definition) is 4. The van der Waals surface area contributed by atoms with Crippen molar-refractivity contribution in [2.75, 3.05) is 35.8 Å². The fraction of sp³-hybridized carbons (Fsp3) is 0.650. The van der Waals surface area contributed by atoms with Crippen molar-refractivity contribution in [2.45, 2.75) is 36.2 Å².